The fourth-order valence-electron chi connectivity index (χ4n) is 5.67. The highest BCUT2D eigenvalue weighted by Gasteiger charge is 2.65. The minimum Gasteiger partial charge on any atom is -0.373 e. The Kier molecular flexibility index (Phi) is 3.89. The number of benzene rings is 1. The number of rotatable bonds is 1. The lowest BCUT2D eigenvalue weighted by Crippen LogP contribution is -2.40. The minimum atomic E-state index is -0.470. The van der Waals surface area contributed by atoms with Crippen LogP contribution in [0.4, 0.5) is 4.39 Å². The normalized spacial score (nSPS) is 44.9. The molecule has 1 saturated carbocycles. The molecule has 6 rings (SSSR count). The Morgan fingerprint density at radius 1 is 0.889 bits per heavy atom. The van der Waals surface area contributed by atoms with E-state index in [1.165, 1.54) is 18.6 Å². The lowest BCUT2D eigenvalue weighted by Gasteiger charge is -2.36. The van der Waals surface area contributed by atoms with E-state index in [4.69, 9.17) is 23.7 Å². The molecule has 0 unspecified atom stereocenters. The van der Waals surface area contributed by atoms with E-state index < -0.39 is 5.79 Å². The molecule has 5 nitrogen and oxygen atoms in total. The summed E-state index contributed by atoms with van der Waals surface area (Å²) in [5.41, 5.74) is 0.974. The molecule has 1 spiro atoms. The van der Waals surface area contributed by atoms with Crippen LogP contribution in [0.25, 0.3) is 0 Å². The average Bonchev–Trinajstić information content (AvgIpc) is 3.30. The fraction of sp³-hybridized carbons (Fsp3) is 0.714. The van der Waals surface area contributed by atoms with Gasteiger partial charge in [-0.25, -0.2) is 4.39 Å². The molecule has 1 aliphatic carbocycles. The van der Waals surface area contributed by atoms with Crippen LogP contribution in [-0.2, 0) is 23.7 Å². The smallest absolute Gasteiger partial charge is 0.190 e. The van der Waals surface area contributed by atoms with Gasteiger partial charge in [0, 0.05) is 25.4 Å². The Bertz CT molecular complexity index is 703. The van der Waals surface area contributed by atoms with Gasteiger partial charge in [0.1, 0.15) is 18.0 Å². The van der Waals surface area contributed by atoms with Crippen LogP contribution in [0.3, 0.4) is 0 Å². The van der Waals surface area contributed by atoms with Gasteiger partial charge in [0.25, 0.3) is 0 Å². The van der Waals surface area contributed by atoms with Crippen LogP contribution in [0.2, 0.25) is 0 Å². The summed E-state index contributed by atoms with van der Waals surface area (Å²) >= 11 is 0. The molecule has 7 atom stereocenters. The van der Waals surface area contributed by atoms with Gasteiger partial charge in [-0.1, -0.05) is 18.6 Å². The zero-order valence-electron chi connectivity index (χ0n) is 15.2. The fourth-order valence-corrected chi connectivity index (χ4v) is 5.67. The van der Waals surface area contributed by atoms with Gasteiger partial charge in [-0.05, 0) is 37.0 Å². The highest BCUT2D eigenvalue weighted by Crippen LogP contribution is 2.53. The first-order chi connectivity index (χ1) is 13.2. The summed E-state index contributed by atoms with van der Waals surface area (Å²) in [6, 6.07) is 6.57. The first kappa shape index (κ1) is 16.9. The van der Waals surface area contributed by atoms with E-state index in [0.717, 1.165) is 37.7 Å². The third-order valence-electron chi connectivity index (χ3n) is 6.89. The lowest BCUT2D eigenvalue weighted by molar-refractivity contribution is -0.245. The zero-order chi connectivity index (χ0) is 18.0. The van der Waals surface area contributed by atoms with Gasteiger partial charge in [0.15, 0.2) is 12.1 Å². The number of fused-ring (bicyclic) bond motifs is 5. The summed E-state index contributed by atoms with van der Waals surface area (Å²) in [6.07, 6.45) is 5.44. The van der Waals surface area contributed by atoms with E-state index in [2.05, 4.69) is 0 Å². The van der Waals surface area contributed by atoms with Crippen molar-refractivity contribution < 1.29 is 28.1 Å². The Balaban J connectivity index is 1.25. The largest absolute Gasteiger partial charge is 0.373 e. The molecule has 146 valence electrons. The molecule has 1 aromatic rings. The third-order valence-corrected chi connectivity index (χ3v) is 6.89. The Morgan fingerprint density at radius 3 is 2.52 bits per heavy atom. The minimum absolute atomic E-state index is 0.0781. The zero-order valence-corrected chi connectivity index (χ0v) is 15.2. The summed E-state index contributed by atoms with van der Waals surface area (Å²) in [4.78, 5) is 0. The highest BCUT2D eigenvalue weighted by molar-refractivity contribution is 5.22. The molecule has 0 aromatic heterocycles. The average molecular weight is 376 g/mol. The molecule has 4 aliphatic heterocycles. The maximum absolute atomic E-state index is 13.3. The number of hydrogen-bond acceptors (Lipinski definition) is 5. The Morgan fingerprint density at radius 2 is 1.70 bits per heavy atom. The molecule has 4 heterocycles. The van der Waals surface area contributed by atoms with Gasteiger partial charge in [-0.3, -0.25) is 0 Å². The van der Waals surface area contributed by atoms with E-state index in [1.54, 1.807) is 12.1 Å². The van der Waals surface area contributed by atoms with Crippen molar-refractivity contribution in [3.63, 3.8) is 0 Å². The van der Waals surface area contributed by atoms with Crippen LogP contribution in [0.5, 0.6) is 0 Å². The first-order valence-electron chi connectivity index (χ1n) is 10.3. The van der Waals surface area contributed by atoms with Crippen LogP contribution in [0.15, 0.2) is 24.3 Å². The highest BCUT2D eigenvalue weighted by atomic mass is 19.1. The second-order valence-electron chi connectivity index (χ2n) is 8.49. The van der Waals surface area contributed by atoms with Crippen molar-refractivity contribution in [3.8, 4) is 0 Å². The summed E-state index contributed by atoms with van der Waals surface area (Å²) in [5.74, 6) is -0.630. The van der Waals surface area contributed by atoms with Crippen molar-refractivity contribution >= 4 is 0 Å². The molecule has 1 aromatic carbocycles. The van der Waals surface area contributed by atoms with E-state index in [-0.39, 0.29) is 48.5 Å². The standard InChI is InChI=1S/C21H25FO5/c22-13-6-4-12(5-7-13)16-15-14(8-11-23-16)24-18-17(15)25-20-19(18)26-21(27-20)9-2-1-3-10-21/h4-7,14-20H,1-3,8-11H2/t14-,15-,16-,17+,18-,19+,20+/m0/s1. The van der Waals surface area contributed by atoms with Crippen molar-refractivity contribution in [1.29, 1.82) is 0 Å². The summed E-state index contributed by atoms with van der Waals surface area (Å²) in [6.45, 7) is 0.637. The van der Waals surface area contributed by atoms with Crippen LogP contribution in [-0.4, -0.2) is 43.1 Å². The molecule has 5 fully saturated rings. The van der Waals surface area contributed by atoms with Crippen molar-refractivity contribution in [2.75, 3.05) is 6.61 Å². The molecule has 0 bridgehead atoms. The summed E-state index contributed by atoms with van der Waals surface area (Å²) < 4.78 is 44.9. The van der Waals surface area contributed by atoms with Crippen molar-refractivity contribution in [2.24, 2.45) is 5.92 Å². The van der Waals surface area contributed by atoms with Gasteiger partial charge in [-0.2, -0.15) is 0 Å². The molecule has 27 heavy (non-hydrogen) atoms. The first-order valence-corrected chi connectivity index (χ1v) is 10.3. The molecule has 6 heteroatoms. The Hall–Kier alpha value is -1.05. The van der Waals surface area contributed by atoms with E-state index in [1.807, 2.05) is 0 Å². The second kappa shape index (κ2) is 6.22. The van der Waals surface area contributed by atoms with Gasteiger partial charge < -0.3 is 23.7 Å². The molecular weight excluding hydrogens is 351 g/mol. The van der Waals surface area contributed by atoms with Gasteiger partial charge in [0.2, 0.25) is 0 Å². The maximum atomic E-state index is 13.3. The predicted molar refractivity (Wildman–Crippen MR) is 92.3 cm³/mol. The molecule has 5 aliphatic rings. The van der Waals surface area contributed by atoms with E-state index in [0.29, 0.717) is 6.61 Å². The lowest BCUT2D eigenvalue weighted by atomic mass is 9.83. The van der Waals surface area contributed by atoms with Gasteiger partial charge >= 0.3 is 0 Å². The second-order valence-corrected chi connectivity index (χ2v) is 8.49. The van der Waals surface area contributed by atoms with E-state index >= 15 is 0 Å². The maximum Gasteiger partial charge on any atom is 0.190 e. The van der Waals surface area contributed by atoms with Crippen LogP contribution in [0, 0.1) is 11.7 Å². The number of halogens is 1. The van der Waals surface area contributed by atoms with Crippen LogP contribution >= 0.6 is 0 Å². The van der Waals surface area contributed by atoms with Crippen molar-refractivity contribution in [2.45, 2.75) is 81.1 Å². The van der Waals surface area contributed by atoms with Crippen molar-refractivity contribution in [3.05, 3.63) is 35.6 Å². The summed E-state index contributed by atoms with van der Waals surface area (Å²) in [5, 5.41) is 0. The monoisotopic (exact) mass is 376 g/mol. The third kappa shape index (κ3) is 2.61. The molecule has 0 N–H and O–H groups in total. The number of ether oxygens (including phenoxy) is 5. The summed E-state index contributed by atoms with van der Waals surface area (Å²) in [7, 11) is 0. The predicted octanol–water partition coefficient (Wildman–Crippen LogP) is 3.47. The van der Waals surface area contributed by atoms with E-state index in [9.17, 15) is 4.39 Å². The SMILES string of the molecule is Fc1ccc([C@@H]2OCC[C@@H]3O[C@@H]4[C@H]5OC6(CCCCC6)O[C@H]5O[C@@H]4[C@@H]32)cc1. The quantitative estimate of drug-likeness (QED) is 0.751. The molecule has 0 amide bonds. The number of hydrogen-bond donors (Lipinski definition) is 0. The molecule has 0 radical (unpaired) electrons. The van der Waals surface area contributed by atoms with Crippen LogP contribution in [0.1, 0.15) is 50.2 Å². The topological polar surface area (TPSA) is 46.2 Å². The molecule has 4 saturated heterocycles. The van der Waals surface area contributed by atoms with Gasteiger partial charge in [0.05, 0.1) is 18.3 Å². The van der Waals surface area contributed by atoms with Crippen molar-refractivity contribution in [1.82, 2.24) is 0 Å². The van der Waals surface area contributed by atoms with Crippen LogP contribution < -0.4 is 0 Å². The molecular formula is C21H25FO5. The van der Waals surface area contributed by atoms with Gasteiger partial charge in [-0.15, -0.1) is 0 Å². The Labute approximate surface area is 158 Å².